The van der Waals surface area contributed by atoms with E-state index >= 15 is 0 Å². The Labute approximate surface area is 222 Å². The number of rotatable bonds is 6. The monoisotopic (exact) mass is 518 g/mol. The zero-order valence-corrected chi connectivity index (χ0v) is 22.1. The maximum absolute atomic E-state index is 13.9. The largest absolute Gasteiger partial charge is 0.349 e. The van der Waals surface area contributed by atoms with Gasteiger partial charge in [-0.3, -0.25) is 9.59 Å². The summed E-state index contributed by atoms with van der Waals surface area (Å²) in [5, 5.41) is 7.17. The van der Waals surface area contributed by atoms with E-state index in [1.54, 1.807) is 31.2 Å². The van der Waals surface area contributed by atoms with Gasteiger partial charge in [0.25, 0.3) is 5.91 Å². The van der Waals surface area contributed by atoms with Gasteiger partial charge in [0.15, 0.2) is 0 Å². The molecule has 8 heteroatoms. The molecule has 200 valence electrons. The lowest BCUT2D eigenvalue weighted by atomic mass is 9.63. The van der Waals surface area contributed by atoms with Gasteiger partial charge in [-0.1, -0.05) is 48.7 Å². The highest BCUT2D eigenvalue weighted by molar-refractivity contribution is 5.95. The van der Waals surface area contributed by atoms with Crippen molar-refractivity contribution in [2.45, 2.75) is 64.8 Å². The van der Waals surface area contributed by atoms with Gasteiger partial charge in [0, 0.05) is 31.1 Å². The van der Waals surface area contributed by atoms with Crippen LogP contribution in [0.1, 0.15) is 79.7 Å². The molecule has 1 aliphatic heterocycles. The van der Waals surface area contributed by atoms with E-state index in [1.165, 1.54) is 18.6 Å². The molecule has 0 bridgehead atoms. The van der Waals surface area contributed by atoms with E-state index in [-0.39, 0.29) is 23.7 Å². The Morgan fingerprint density at radius 1 is 1.03 bits per heavy atom. The van der Waals surface area contributed by atoms with Crippen molar-refractivity contribution < 1.29 is 18.5 Å². The highest BCUT2D eigenvalue weighted by Gasteiger charge is 2.48. The first-order valence-corrected chi connectivity index (χ1v) is 13.6. The highest BCUT2D eigenvalue weighted by atomic mass is 19.1. The number of aryl methyl sites for hydroxylation is 1. The fourth-order valence-electron chi connectivity index (χ4n) is 6.12. The number of hydrogen-bond acceptors (Lipinski definition) is 5. The first kappa shape index (κ1) is 26.1. The third-order valence-corrected chi connectivity index (χ3v) is 8.42. The summed E-state index contributed by atoms with van der Waals surface area (Å²) < 4.78 is 18.5. The van der Waals surface area contributed by atoms with Crippen molar-refractivity contribution in [1.29, 1.82) is 0 Å². The zero-order chi connectivity index (χ0) is 26.7. The number of aromatic nitrogens is 2. The molecule has 1 atom stereocenters. The number of carbonyl (C=O) groups excluding carboxylic acids is 2. The third kappa shape index (κ3) is 5.35. The standard InChI is InChI=1S/C30H35FN4O3/c1-20(22-12-14-26(31)15-13-22)32-29(37)30(25-6-4-3-5-7-25)16-18-35(19-17-30)28(36)24-10-8-23(9-11-24)27-33-21(2)38-34-27/h8-15,20,25H,3-7,16-19H2,1-2H3,(H,32,37)/t20-/m0/s1. The summed E-state index contributed by atoms with van der Waals surface area (Å²) in [4.78, 5) is 33.3. The van der Waals surface area contributed by atoms with E-state index < -0.39 is 5.41 Å². The Kier molecular flexibility index (Phi) is 7.58. The summed E-state index contributed by atoms with van der Waals surface area (Å²) in [5.41, 5.74) is 1.78. The second-order valence-corrected chi connectivity index (χ2v) is 10.7. The molecule has 2 heterocycles. The summed E-state index contributed by atoms with van der Waals surface area (Å²) in [6.07, 6.45) is 6.87. The highest BCUT2D eigenvalue weighted by Crippen LogP contribution is 2.46. The van der Waals surface area contributed by atoms with Crippen molar-refractivity contribution in [2.24, 2.45) is 11.3 Å². The Bertz CT molecular complexity index is 1260. The summed E-state index contributed by atoms with van der Waals surface area (Å²) in [6.45, 7) is 4.76. The molecule has 0 unspecified atom stereocenters. The second-order valence-electron chi connectivity index (χ2n) is 10.7. The number of nitrogens with one attached hydrogen (secondary N) is 1. The van der Waals surface area contributed by atoms with Crippen LogP contribution < -0.4 is 5.32 Å². The van der Waals surface area contributed by atoms with Crippen molar-refractivity contribution in [3.05, 3.63) is 71.4 Å². The lowest BCUT2D eigenvalue weighted by Crippen LogP contribution is -2.54. The molecule has 2 fully saturated rings. The molecule has 1 saturated carbocycles. The van der Waals surface area contributed by atoms with Crippen LogP contribution in [0, 0.1) is 24.1 Å². The van der Waals surface area contributed by atoms with Crippen LogP contribution in [0.25, 0.3) is 11.4 Å². The van der Waals surface area contributed by atoms with Crippen LogP contribution in [0.15, 0.2) is 53.1 Å². The minimum absolute atomic E-state index is 0.0295. The van der Waals surface area contributed by atoms with Gasteiger partial charge >= 0.3 is 0 Å². The summed E-state index contributed by atoms with van der Waals surface area (Å²) in [5.74, 6) is 1.05. The van der Waals surface area contributed by atoms with Gasteiger partial charge in [0.05, 0.1) is 11.5 Å². The average Bonchev–Trinajstić information content (AvgIpc) is 3.39. The van der Waals surface area contributed by atoms with Gasteiger partial charge in [-0.2, -0.15) is 4.98 Å². The molecular weight excluding hydrogens is 483 g/mol. The molecular formula is C30H35FN4O3. The third-order valence-electron chi connectivity index (χ3n) is 8.42. The van der Waals surface area contributed by atoms with Crippen molar-refractivity contribution in [1.82, 2.24) is 20.4 Å². The first-order valence-electron chi connectivity index (χ1n) is 13.6. The SMILES string of the molecule is Cc1nc(-c2ccc(C(=O)N3CCC(C(=O)N[C@@H](C)c4ccc(F)cc4)(C4CCCCC4)CC3)cc2)no1. The molecule has 1 saturated heterocycles. The number of likely N-dealkylation sites (tertiary alicyclic amines) is 1. The van der Waals surface area contributed by atoms with Crippen LogP contribution in [0.5, 0.6) is 0 Å². The van der Waals surface area contributed by atoms with E-state index in [0.717, 1.165) is 36.8 Å². The van der Waals surface area contributed by atoms with Gasteiger partial charge in [0.2, 0.25) is 17.6 Å². The van der Waals surface area contributed by atoms with Crippen LogP contribution in [-0.2, 0) is 4.79 Å². The van der Waals surface area contributed by atoms with Crippen LogP contribution in [-0.4, -0.2) is 39.9 Å². The lowest BCUT2D eigenvalue weighted by molar-refractivity contribution is -0.139. The number of benzene rings is 2. The molecule has 0 radical (unpaired) electrons. The molecule has 5 rings (SSSR count). The number of carbonyl (C=O) groups is 2. The normalized spacial score (nSPS) is 18.7. The second kappa shape index (κ2) is 11.1. The summed E-state index contributed by atoms with van der Waals surface area (Å²) in [7, 11) is 0. The Balaban J connectivity index is 1.28. The predicted octanol–water partition coefficient (Wildman–Crippen LogP) is 5.86. The molecule has 0 spiro atoms. The molecule has 1 N–H and O–H groups in total. The molecule has 3 aromatic rings. The molecule has 2 aliphatic rings. The van der Waals surface area contributed by atoms with Crippen molar-refractivity contribution in [3.63, 3.8) is 0 Å². The van der Waals surface area contributed by atoms with Crippen LogP contribution in [0.2, 0.25) is 0 Å². The number of piperidine rings is 1. The van der Waals surface area contributed by atoms with Crippen molar-refractivity contribution >= 4 is 11.8 Å². The van der Waals surface area contributed by atoms with E-state index in [4.69, 9.17) is 4.52 Å². The van der Waals surface area contributed by atoms with E-state index in [9.17, 15) is 14.0 Å². The van der Waals surface area contributed by atoms with E-state index in [1.807, 2.05) is 24.0 Å². The smallest absolute Gasteiger partial charge is 0.253 e. The zero-order valence-electron chi connectivity index (χ0n) is 22.1. The first-order chi connectivity index (χ1) is 18.4. The van der Waals surface area contributed by atoms with Crippen LogP contribution in [0.3, 0.4) is 0 Å². The minimum atomic E-state index is -0.494. The molecule has 38 heavy (non-hydrogen) atoms. The molecule has 2 aromatic carbocycles. The molecule has 1 aromatic heterocycles. The summed E-state index contributed by atoms with van der Waals surface area (Å²) in [6, 6.07) is 13.3. The topological polar surface area (TPSA) is 88.3 Å². The Morgan fingerprint density at radius 2 is 1.68 bits per heavy atom. The number of hydrogen-bond donors (Lipinski definition) is 1. The van der Waals surface area contributed by atoms with Crippen LogP contribution >= 0.6 is 0 Å². The number of amides is 2. The van der Waals surface area contributed by atoms with Gasteiger partial charge < -0.3 is 14.7 Å². The molecule has 7 nitrogen and oxygen atoms in total. The number of nitrogens with zero attached hydrogens (tertiary/aromatic N) is 3. The van der Waals surface area contributed by atoms with Gasteiger partial charge in [-0.25, -0.2) is 4.39 Å². The quantitative estimate of drug-likeness (QED) is 0.441. The summed E-state index contributed by atoms with van der Waals surface area (Å²) >= 11 is 0. The number of halogens is 1. The van der Waals surface area contributed by atoms with E-state index in [2.05, 4.69) is 15.5 Å². The Hall–Kier alpha value is -3.55. The predicted molar refractivity (Wildman–Crippen MR) is 142 cm³/mol. The maximum atomic E-state index is 13.9. The van der Waals surface area contributed by atoms with Gasteiger partial charge in [0.1, 0.15) is 5.82 Å². The van der Waals surface area contributed by atoms with E-state index in [0.29, 0.717) is 49.1 Å². The fourth-order valence-corrected chi connectivity index (χ4v) is 6.12. The molecule has 2 amide bonds. The maximum Gasteiger partial charge on any atom is 0.253 e. The van der Waals surface area contributed by atoms with Gasteiger partial charge in [-0.05, 0) is 68.4 Å². The average molecular weight is 519 g/mol. The van der Waals surface area contributed by atoms with Crippen molar-refractivity contribution in [2.75, 3.05) is 13.1 Å². The molecule has 1 aliphatic carbocycles. The van der Waals surface area contributed by atoms with Crippen LogP contribution in [0.4, 0.5) is 4.39 Å². The lowest BCUT2D eigenvalue weighted by Gasteiger charge is -2.47. The fraction of sp³-hybridized carbons (Fsp3) is 0.467. The van der Waals surface area contributed by atoms with Gasteiger partial charge in [-0.15, -0.1) is 0 Å². The minimum Gasteiger partial charge on any atom is -0.349 e. The Morgan fingerprint density at radius 3 is 2.29 bits per heavy atom. The van der Waals surface area contributed by atoms with Crippen molar-refractivity contribution in [3.8, 4) is 11.4 Å².